The number of amides is 1. The summed E-state index contributed by atoms with van der Waals surface area (Å²) < 4.78 is 44.4. The van der Waals surface area contributed by atoms with Crippen LogP contribution in [-0.4, -0.2) is 26.0 Å². The molecule has 5 nitrogen and oxygen atoms in total. The SMILES string of the molecule is COc1cc(C#N)ccc1NC(=O)OCC(F)(F)F. The Morgan fingerprint density at radius 1 is 1.47 bits per heavy atom. The van der Waals surface area contributed by atoms with Gasteiger partial charge in [0.1, 0.15) is 5.75 Å². The van der Waals surface area contributed by atoms with Gasteiger partial charge in [0.05, 0.1) is 24.4 Å². The molecule has 1 aromatic carbocycles. The van der Waals surface area contributed by atoms with Crippen LogP contribution in [0.2, 0.25) is 0 Å². The number of benzene rings is 1. The monoisotopic (exact) mass is 274 g/mol. The molecule has 0 spiro atoms. The van der Waals surface area contributed by atoms with E-state index < -0.39 is 18.9 Å². The van der Waals surface area contributed by atoms with E-state index in [2.05, 4.69) is 10.1 Å². The number of nitriles is 1. The molecular weight excluding hydrogens is 265 g/mol. The van der Waals surface area contributed by atoms with Gasteiger partial charge < -0.3 is 9.47 Å². The van der Waals surface area contributed by atoms with Gasteiger partial charge in [-0.2, -0.15) is 18.4 Å². The molecule has 102 valence electrons. The Labute approximate surface area is 106 Å². The van der Waals surface area contributed by atoms with E-state index in [1.807, 2.05) is 6.07 Å². The number of methoxy groups -OCH3 is 1. The number of anilines is 1. The van der Waals surface area contributed by atoms with Crippen molar-refractivity contribution in [3.63, 3.8) is 0 Å². The lowest BCUT2D eigenvalue weighted by molar-refractivity contribution is -0.159. The van der Waals surface area contributed by atoms with Crippen LogP contribution in [0.5, 0.6) is 5.75 Å². The minimum absolute atomic E-state index is 0.105. The lowest BCUT2D eigenvalue weighted by Gasteiger charge is -2.11. The fourth-order valence-electron chi connectivity index (χ4n) is 1.16. The number of carbonyl (C=O) groups is 1. The summed E-state index contributed by atoms with van der Waals surface area (Å²) in [4.78, 5) is 11.1. The number of hydrogen-bond acceptors (Lipinski definition) is 4. The van der Waals surface area contributed by atoms with Gasteiger partial charge in [-0.1, -0.05) is 0 Å². The number of carbonyl (C=O) groups excluding carboxylic acids is 1. The van der Waals surface area contributed by atoms with E-state index in [1.54, 1.807) is 0 Å². The molecule has 1 rings (SSSR count). The van der Waals surface area contributed by atoms with Crippen molar-refractivity contribution >= 4 is 11.8 Å². The van der Waals surface area contributed by atoms with Gasteiger partial charge in [0.2, 0.25) is 0 Å². The van der Waals surface area contributed by atoms with Crippen LogP contribution in [0.25, 0.3) is 0 Å². The van der Waals surface area contributed by atoms with E-state index >= 15 is 0 Å². The summed E-state index contributed by atoms with van der Waals surface area (Å²) in [5, 5.41) is 10.8. The van der Waals surface area contributed by atoms with E-state index in [-0.39, 0.29) is 17.0 Å². The summed E-state index contributed by atoms with van der Waals surface area (Å²) in [6, 6.07) is 5.89. The number of nitrogens with zero attached hydrogens (tertiary/aromatic N) is 1. The molecule has 0 saturated carbocycles. The van der Waals surface area contributed by atoms with Crippen LogP contribution in [0.3, 0.4) is 0 Å². The predicted octanol–water partition coefficient (Wildman–Crippen LogP) is 2.68. The average Bonchev–Trinajstić information content (AvgIpc) is 2.36. The van der Waals surface area contributed by atoms with Crippen molar-refractivity contribution in [3.8, 4) is 11.8 Å². The lowest BCUT2D eigenvalue weighted by atomic mass is 10.2. The van der Waals surface area contributed by atoms with E-state index in [0.29, 0.717) is 0 Å². The molecule has 1 N–H and O–H groups in total. The third-order valence-electron chi connectivity index (χ3n) is 1.93. The Kier molecular flexibility index (Phi) is 4.58. The number of halogens is 3. The number of nitrogens with one attached hydrogen (secondary N) is 1. The maximum atomic E-state index is 11.8. The Morgan fingerprint density at radius 2 is 2.16 bits per heavy atom. The second-order valence-electron chi connectivity index (χ2n) is 3.34. The molecule has 0 saturated heterocycles. The molecule has 19 heavy (non-hydrogen) atoms. The molecule has 0 aromatic heterocycles. The molecule has 1 aromatic rings. The summed E-state index contributed by atoms with van der Waals surface area (Å²) in [6.07, 6.45) is -5.85. The van der Waals surface area contributed by atoms with Crippen LogP contribution in [-0.2, 0) is 4.74 Å². The fourth-order valence-corrected chi connectivity index (χ4v) is 1.16. The van der Waals surface area contributed by atoms with Crippen LogP contribution in [0, 0.1) is 11.3 Å². The largest absolute Gasteiger partial charge is 0.495 e. The summed E-state index contributed by atoms with van der Waals surface area (Å²) in [6.45, 7) is -1.68. The maximum Gasteiger partial charge on any atom is 0.422 e. The van der Waals surface area contributed by atoms with Crippen molar-refractivity contribution in [2.45, 2.75) is 6.18 Å². The first-order valence-corrected chi connectivity index (χ1v) is 4.94. The van der Waals surface area contributed by atoms with Gasteiger partial charge >= 0.3 is 12.3 Å². The molecule has 0 heterocycles. The van der Waals surface area contributed by atoms with Crippen molar-refractivity contribution in [3.05, 3.63) is 23.8 Å². The van der Waals surface area contributed by atoms with Crippen LogP contribution >= 0.6 is 0 Å². The zero-order valence-electron chi connectivity index (χ0n) is 9.75. The number of rotatable bonds is 3. The smallest absolute Gasteiger partial charge is 0.422 e. The molecule has 0 aliphatic carbocycles. The molecule has 0 radical (unpaired) electrons. The van der Waals surface area contributed by atoms with E-state index in [0.717, 1.165) is 0 Å². The highest BCUT2D eigenvalue weighted by Gasteiger charge is 2.29. The first-order chi connectivity index (χ1) is 8.85. The van der Waals surface area contributed by atoms with Gasteiger partial charge in [-0.15, -0.1) is 0 Å². The zero-order chi connectivity index (χ0) is 14.5. The Balaban J connectivity index is 2.72. The molecule has 0 bridgehead atoms. The van der Waals surface area contributed by atoms with Crippen molar-refractivity contribution in [1.82, 2.24) is 0 Å². The molecule has 8 heteroatoms. The highest BCUT2D eigenvalue weighted by molar-refractivity contribution is 5.86. The van der Waals surface area contributed by atoms with Gasteiger partial charge in [-0.05, 0) is 12.1 Å². The lowest BCUT2D eigenvalue weighted by Crippen LogP contribution is -2.23. The van der Waals surface area contributed by atoms with E-state index in [4.69, 9.17) is 10.00 Å². The predicted molar refractivity (Wildman–Crippen MR) is 58.7 cm³/mol. The minimum atomic E-state index is -4.59. The molecule has 0 atom stereocenters. The average molecular weight is 274 g/mol. The molecule has 0 aliphatic heterocycles. The maximum absolute atomic E-state index is 11.8. The van der Waals surface area contributed by atoms with Crippen molar-refractivity contribution < 1.29 is 27.4 Å². The van der Waals surface area contributed by atoms with Crippen molar-refractivity contribution in [2.75, 3.05) is 19.0 Å². The van der Waals surface area contributed by atoms with Gasteiger partial charge in [0.15, 0.2) is 6.61 Å². The van der Waals surface area contributed by atoms with Gasteiger partial charge in [0.25, 0.3) is 0 Å². The first kappa shape index (κ1) is 14.6. The number of ether oxygens (including phenoxy) is 2. The second kappa shape index (κ2) is 5.95. The molecular formula is C11H9F3N2O3. The third kappa shape index (κ3) is 4.75. The Morgan fingerprint density at radius 3 is 2.68 bits per heavy atom. The topological polar surface area (TPSA) is 71.3 Å². The highest BCUT2D eigenvalue weighted by Crippen LogP contribution is 2.25. The molecule has 0 aliphatic rings. The second-order valence-corrected chi connectivity index (χ2v) is 3.34. The summed E-state index contributed by atoms with van der Waals surface area (Å²) in [5.41, 5.74) is 0.389. The number of alkyl halides is 3. The summed E-state index contributed by atoms with van der Waals surface area (Å²) in [5.74, 6) is 0.142. The zero-order valence-corrected chi connectivity index (χ0v) is 9.75. The highest BCUT2D eigenvalue weighted by atomic mass is 19.4. The standard InChI is InChI=1S/C11H9F3N2O3/c1-18-9-4-7(5-15)2-3-8(9)16-10(17)19-6-11(12,13)14/h2-4H,6H2,1H3,(H,16,17). The molecule has 0 fully saturated rings. The summed E-state index contributed by atoms with van der Waals surface area (Å²) >= 11 is 0. The number of hydrogen-bond donors (Lipinski definition) is 1. The minimum Gasteiger partial charge on any atom is -0.495 e. The van der Waals surface area contributed by atoms with Gasteiger partial charge in [0, 0.05) is 6.07 Å². The van der Waals surface area contributed by atoms with Crippen LogP contribution in [0.1, 0.15) is 5.56 Å². The van der Waals surface area contributed by atoms with Gasteiger partial charge in [-0.25, -0.2) is 4.79 Å². The third-order valence-corrected chi connectivity index (χ3v) is 1.93. The fraction of sp³-hybridized carbons (Fsp3) is 0.273. The van der Waals surface area contributed by atoms with E-state index in [1.165, 1.54) is 25.3 Å². The van der Waals surface area contributed by atoms with Crippen LogP contribution in [0.4, 0.5) is 23.7 Å². The van der Waals surface area contributed by atoms with E-state index in [9.17, 15) is 18.0 Å². The van der Waals surface area contributed by atoms with Crippen molar-refractivity contribution in [1.29, 1.82) is 5.26 Å². The Bertz CT molecular complexity index is 509. The summed E-state index contributed by atoms with van der Waals surface area (Å²) in [7, 11) is 1.29. The first-order valence-electron chi connectivity index (χ1n) is 4.94. The molecule has 0 unspecified atom stereocenters. The van der Waals surface area contributed by atoms with Crippen LogP contribution in [0.15, 0.2) is 18.2 Å². The Hall–Kier alpha value is -2.43. The van der Waals surface area contributed by atoms with Crippen LogP contribution < -0.4 is 10.1 Å². The quantitative estimate of drug-likeness (QED) is 0.919. The van der Waals surface area contributed by atoms with Gasteiger partial charge in [-0.3, -0.25) is 5.32 Å². The van der Waals surface area contributed by atoms with Crippen molar-refractivity contribution in [2.24, 2.45) is 0 Å². The molecule has 1 amide bonds. The normalized spacial score (nSPS) is 10.5.